The number of phosphoric acid groups is 2. The summed E-state index contributed by atoms with van der Waals surface area (Å²) in [6, 6.07) is 5.96. The van der Waals surface area contributed by atoms with Crippen molar-refractivity contribution in [2.75, 3.05) is 6.61 Å². The van der Waals surface area contributed by atoms with E-state index < -0.39 is 52.4 Å². The van der Waals surface area contributed by atoms with Gasteiger partial charge in [0.1, 0.15) is 11.9 Å². The predicted octanol–water partition coefficient (Wildman–Crippen LogP) is 4.02. The predicted molar refractivity (Wildman–Crippen MR) is 146 cm³/mol. The van der Waals surface area contributed by atoms with Crippen molar-refractivity contribution in [3.05, 3.63) is 74.6 Å². The number of H-pyrrole nitrogens is 1. The molecule has 2 heterocycles. The summed E-state index contributed by atoms with van der Waals surface area (Å²) in [4.78, 5) is 57.4. The van der Waals surface area contributed by atoms with Crippen LogP contribution in [-0.4, -0.2) is 38.0 Å². The summed E-state index contributed by atoms with van der Waals surface area (Å²) in [7, 11) is -10.1. The van der Waals surface area contributed by atoms with Crippen LogP contribution in [0.25, 0.3) is 0 Å². The Morgan fingerprint density at radius 1 is 1.02 bits per heavy atom. The third-order valence-corrected chi connectivity index (χ3v) is 8.45. The van der Waals surface area contributed by atoms with Gasteiger partial charge < -0.3 is 19.3 Å². The Labute approximate surface area is 236 Å². The summed E-state index contributed by atoms with van der Waals surface area (Å²) < 4.78 is 50.3. The number of aromatic amines is 1. The molecule has 2 unspecified atom stereocenters. The number of rotatable bonds is 16. The molecule has 1 aromatic carbocycles. The van der Waals surface area contributed by atoms with Crippen LogP contribution in [0.2, 0.25) is 0 Å². The van der Waals surface area contributed by atoms with Gasteiger partial charge in [0.15, 0.2) is 6.23 Å². The Kier molecular flexibility index (Phi) is 12.0. The maximum atomic E-state index is 12.2. The van der Waals surface area contributed by atoms with Gasteiger partial charge in [-0.25, -0.2) is 13.9 Å². The highest BCUT2D eigenvalue weighted by atomic mass is 31.3. The molecule has 0 amide bonds. The second-order valence-electron chi connectivity index (χ2n) is 9.30. The van der Waals surface area contributed by atoms with Gasteiger partial charge in [-0.15, -0.1) is 0 Å². The molecule has 16 heteroatoms. The van der Waals surface area contributed by atoms with Crippen LogP contribution in [0.4, 0.5) is 0 Å². The van der Waals surface area contributed by atoms with Crippen molar-refractivity contribution in [2.45, 2.75) is 71.3 Å². The van der Waals surface area contributed by atoms with Gasteiger partial charge >= 0.3 is 27.3 Å². The van der Waals surface area contributed by atoms with E-state index in [9.17, 15) is 33.3 Å². The number of carbonyl (C=O) groups is 1. The van der Waals surface area contributed by atoms with Gasteiger partial charge in [0.2, 0.25) is 0 Å². The summed E-state index contributed by atoms with van der Waals surface area (Å²) in [5.41, 5.74) is -0.575. The molecule has 3 N–H and O–H groups in total. The Hall–Kier alpha value is -2.67. The van der Waals surface area contributed by atoms with Crippen molar-refractivity contribution in [1.82, 2.24) is 9.55 Å². The molecule has 4 atom stereocenters. The Bertz CT molecular complexity index is 1420. The van der Waals surface area contributed by atoms with E-state index in [0.717, 1.165) is 36.7 Å². The highest BCUT2D eigenvalue weighted by molar-refractivity contribution is 7.61. The van der Waals surface area contributed by atoms with Crippen molar-refractivity contribution in [2.24, 2.45) is 0 Å². The largest absolute Gasteiger partial charge is 0.481 e. The second-order valence-corrected chi connectivity index (χ2v) is 12.3. The van der Waals surface area contributed by atoms with Gasteiger partial charge in [-0.2, -0.15) is 4.31 Å². The third-order valence-electron chi connectivity index (χ3n) is 5.87. The molecule has 0 fully saturated rings. The molecule has 2 aromatic rings. The molecule has 41 heavy (non-hydrogen) atoms. The lowest BCUT2D eigenvalue weighted by Gasteiger charge is -2.19. The van der Waals surface area contributed by atoms with Gasteiger partial charge in [-0.1, -0.05) is 50.8 Å². The first kappa shape index (κ1) is 32.8. The van der Waals surface area contributed by atoms with Crippen LogP contribution >= 0.6 is 15.6 Å². The van der Waals surface area contributed by atoms with Crippen molar-refractivity contribution in [1.29, 1.82) is 0 Å². The average Bonchev–Trinajstić information content (AvgIpc) is 3.37. The van der Waals surface area contributed by atoms with E-state index in [0.29, 0.717) is 17.7 Å². The number of esters is 1. The Balaban J connectivity index is 1.42. The van der Waals surface area contributed by atoms with Crippen LogP contribution in [0.5, 0.6) is 5.75 Å². The Morgan fingerprint density at radius 3 is 2.41 bits per heavy atom. The summed E-state index contributed by atoms with van der Waals surface area (Å²) in [6.07, 6.45) is 7.73. The average molecular weight is 616 g/mol. The number of hydrogen-bond donors (Lipinski definition) is 3. The number of aryl methyl sites for hydroxylation is 1. The van der Waals surface area contributed by atoms with Crippen molar-refractivity contribution in [3.63, 3.8) is 0 Å². The monoisotopic (exact) mass is 616 g/mol. The van der Waals surface area contributed by atoms with Gasteiger partial charge in [0.05, 0.1) is 13.2 Å². The minimum atomic E-state index is -5.07. The molecule has 0 aliphatic carbocycles. The molecule has 1 aromatic heterocycles. The fourth-order valence-electron chi connectivity index (χ4n) is 3.73. The molecular weight excluding hydrogens is 582 g/mol. The first-order valence-corrected chi connectivity index (χ1v) is 16.0. The maximum Gasteiger partial charge on any atom is 0.481 e. The van der Waals surface area contributed by atoms with Crippen LogP contribution in [0, 0.1) is 6.92 Å². The van der Waals surface area contributed by atoms with Gasteiger partial charge in [0.25, 0.3) is 5.56 Å². The van der Waals surface area contributed by atoms with Gasteiger partial charge in [-0.05, 0) is 37.1 Å². The smallest absolute Gasteiger partial charge is 0.427 e. The fraction of sp³-hybridized carbons (Fsp3) is 0.480. The minimum absolute atomic E-state index is 0.274. The Morgan fingerprint density at radius 2 is 1.71 bits per heavy atom. The summed E-state index contributed by atoms with van der Waals surface area (Å²) >= 11 is 0. The zero-order valence-electron chi connectivity index (χ0n) is 22.7. The van der Waals surface area contributed by atoms with E-state index in [4.69, 9.17) is 18.5 Å². The molecular formula is C25H34N2O12P2. The molecule has 0 radical (unpaired) electrons. The lowest BCUT2D eigenvalue weighted by Crippen LogP contribution is -2.33. The number of hydrogen-bond acceptors (Lipinski definition) is 10. The summed E-state index contributed by atoms with van der Waals surface area (Å²) in [5, 5.41) is 0. The van der Waals surface area contributed by atoms with E-state index >= 15 is 0 Å². The number of aromatic nitrogens is 2. The maximum absolute atomic E-state index is 12.2. The van der Waals surface area contributed by atoms with E-state index in [1.54, 1.807) is 0 Å². The minimum Gasteiger partial charge on any atom is -0.427 e. The number of unbranched alkanes of at least 4 members (excludes halogenated alkanes) is 4. The molecule has 0 saturated carbocycles. The van der Waals surface area contributed by atoms with Crippen LogP contribution < -0.4 is 16.0 Å². The zero-order chi connectivity index (χ0) is 30.0. The van der Waals surface area contributed by atoms with Crippen LogP contribution in [-0.2, 0) is 38.6 Å². The van der Waals surface area contributed by atoms with Crippen molar-refractivity contribution < 1.29 is 46.5 Å². The van der Waals surface area contributed by atoms with E-state index in [2.05, 4.69) is 16.2 Å². The quantitative estimate of drug-likeness (QED) is 0.0808. The third kappa shape index (κ3) is 10.9. The molecule has 0 spiro atoms. The molecule has 1 aliphatic heterocycles. The molecule has 14 nitrogen and oxygen atoms in total. The van der Waals surface area contributed by atoms with Gasteiger partial charge in [0, 0.05) is 18.2 Å². The fourth-order valence-corrected chi connectivity index (χ4v) is 5.80. The summed E-state index contributed by atoms with van der Waals surface area (Å²) in [6.45, 7) is 2.60. The van der Waals surface area contributed by atoms with E-state index in [-0.39, 0.29) is 11.5 Å². The lowest BCUT2D eigenvalue weighted by molar-refractivity contribution is -0.134. The molecule has 0 saturated heterocycles. The highest BCUT2D eigenvalue weighted by Gasteiger charge is 2.36. The van der Waals surface area contributed by atoms with Crippen LogP contribution in [0.1, 0.15) is 62.8 Å². The number of nitrogens with one attached hydrogen (secondary N) is 1. The van der Waals surface area contributed by atoms with E-state index in [1.807, 2.05) is 0 Å². The molecule has 1 aliphatic rings. The molecule has 3 rings (SSSR count). The number of ether oxygens (including phenoxy) is 2. The summed E-state index contributed by atoms with van der Waals surface area (Å²) in [5.74, 6) is -0.0538. The SMILES string of the molecule is CCCCCCCC(=O)Oc1ccc(COP(=O)(O)OP(=O)(O)OC[C@@H]2C=C[C@H](n3cc(C)c(=O)[nH]c3=O)O2)cc1. The number of benzene rings is 1. The lowest BCUT2D eigenvalue weighted by atomic mass is 10.1. The molecule has 0 bridgehead atoms. The van der Waals surface area contributed by atoms with Crippen molar-refractivity contribution >= 4 is 21.6 Å². The normalized spacial score (nSPS) is 19.5. The number of carbonyl (C=O) groups excluding carboxylic acids is 1. The second kappa shape index (κ2) is 15.0. The topological polar surface area (TPSA) is 193 Å². The first-order chi connectivity index (χ1) is 19.4. The first-order valence-electron chi connectivity index (χ1n) is 13.0. The van der Waals surface area contributed by atoms with Gasteiger partial charge in [-0.3, -0.25) is 28.2 Å². The highest BCUT2D eigenvalue weighted by Crippen LogP contribution is 2.60. The number of phosphoric ester groups is 2. The van der Waals surface area contributed by atoms with Crippen molar-refractivity contribution in [3.8, 4) is 5.75 Å². The standard InChI is InChI=1S/C25H34N2O12P2/c1-3-4-5-6-7-8-23(28)38-20-11-9-19(10-12-20)16-35-40(31,32)39-41(33,34)36-17-21-13-14-22(37-21)27-15-18(2)24(29)26-25(27)30/h9-15,21-22H,3-8,16-17H2,1-2H3,(H,31,32)(H,33,34)(H,26,29,30)/t21-,22+/m0/s1. The number of nitrogens with zero attached hydrogens (tertiary/aromatic N) is 1. The van der Waals surface area contributed by atoms with Crippen LogP contribution in [0.15, 0.2) is 52.2 Å². The van der Waals surface area contributed by atoms with Crippen LogP contribution in [0.3, 0.4) is 0 Å². The molecule has 226 valence electrons. The zero-order valence-corrected chi connectivity index (χ0v) is 24.5. The van der Waals surface area contributed by atoms with E-state index in [1.165, 1.54) is 49.5 Å².